The Morgan fingerprint density at radius 2 is 1.68 bits per heavy atom. The standard InChI is InChI=1S/C17H24N2O2.ClH/c1-2-3-13-20-16-8-4-5-9-17(16)21-14-7-6-11-19-12-10-18-15-19;/h4-5,8-10,12,15H,2-3,6-7,11,13-14H2,1H3;1H. The van der Waals surface area contributed by atoms with Gasteiger partial charge in [-0.2, -0.15) is 0 Å². The molecule has 0 saturated heterocycles. The molecule has 122 valence electrons. The highest BCUT2D eigenvalue weighted by molar-refractivity contribution is 5.85. The van der Waals surface area contributed by atoms with E-state index >= 15 is 0 Å². The van der Waals surface area contributed by atoms with E-state index in [9.17, 15) is 0 Å². The third kappa shape index (κ3) is 6.39. The summed E-state index contributed by atoms with van der Waals surface area (Å²) in [4.78, 5) is 4.03. The van der Waals surface area contributed by atoms with Crippen molar-refractivity contribution in [2.45, 2.75) is 39.2 Å². The molecule has 4 nitrogen and oxygen atoms in total. The molecule has 0 radical (unpaired) electrons. The average molecular weight is 325 g/mol. The summed E-state index contributed by atoms with van der Waals surface area (Å²) >= 11 is 0. The maximum atomic E-state index is 5.84. The van der Waals surface area contributed by atoms with Crippen LogP contribution in [-0.2, 0) is 6.54 Å². The van der Waals surface area contributed by atoms with E-state index in [0.29, 0.717) is 6.61 Å². The molecule has 0 amide bonds. The van der Waals surface area contributed by atoms with Crippen LogP contribution in [-0.4, -0.2) is 22.8 Å². The SMILES string of the molecule is CCCCOc1ccccc1OCCCCn1ccnc1.Cl. The lowest BCUT2D eigenvalue weighted by molar-refractivity contribution is 0.259. The minimum Gasteiger partial charge on any atom is -0.490 e. The zero-order valence-corrected chi connectivity index (χ0v) is 13.9. The minimum atomic E-state index is 0. The molecule has 0 atom stereocenters. The van der Waals surface area contributed by atoms with E-state index < -0.39 is 0 Å². The minimum absolute atomic E-state index is 0. The van der Waals surface area contributed by atoms with Gasteiger partial charge in [-0.25, -0.2) is 4.98 Å². The molecule has 0 fully saturated rings. The lowest BCUT2D eigenvalue weighted by Crippen LogP contribution is -2.03. The predicted octanol–water partition coefficient (Wildman–Crippen LogP) is 4.34. The molecule has 1 aromatic carbocycles. The number of aryl methyl sites for hydroxylation is 1. The van der Waals surface area contributed by atoms with Gasteiger partial charge in [0.2, 0.25) is 0 Å². The number of halogens is 1. The fourth-order valence-electron chi connectivity index (χ4n) is 2.01. The van der Waals surface area contributed by atoms with Crippen LogP contribution in [0.2, 0.25) is 0 Å². The summed E-state index contributed by atoms with van der Waals surface area (Å²) in [5.41, 5.74) is 0. The summed E-state index contributed by atoms with van der Waals surface area (Å²) in [6, 6.07) is 7.90. The average Bonchev–Trinajstić information content (AvgIpc) is 3.02. The van der Waals surface area contributed by atoms with Crippen molar-refractivity contribution >= 4 is 12.4 Å². The molecular weight excluding hydrogens is 300 g/mol. The molecule has 0 N–H and O–H groups in total. The Bertz CT molecular complexity index is 503. The number of imidazole rings is 1. The molecule has 0 aliphatic carbocycles. The van der Waals surface area contributed by atoms with Crippen molar-refractivity contribution in [2.24, 2.45) is 0 Å². The van der Waals surface area contributed by atoms with Crippen LogP contribution in [0.1, 0.15) is 32.6 Å². The molecule has 2 aromatic rings. The summed E-state index contributed by atoms with van der Waals surface area (Å²) in [6.45, 7) is 4.60. The topological polar surface area (TPSA) is 36.3 Å². The maximum Gasteiger partial charge on any atom is 0.161 e. The Morgan fingerprint density at radius 1 is 1.00 bits per heavy atom. The summed E-state index contributed by atoms with van der Waals surface area (Å²) in [6.07, 6.45) is 9.93. The second-order valence-electron chi connectivity index (χ2n) is 5.00. The molecule has 0 aliphatic rings. The predicted molar refractivity (Wildman–Crippen MR) is 91.0 cm³/mol. The number of aromatic nitrogens is 2. The van der Waals surface area contributed by atoms with Gasteiger partial charge in [0.05, 0.1) is 19.5 Å². The first kappa shape index (κ1) is 18.4. The number of nitrogens with zero attached hydrogens (tertiary/aromatic N) is 2. The molecular formula is C17H25ClN2O2. The normalized spacial score (nSPS) is 10.0. The summed E-state index contributed by atoms with van der Waals surface area (Å²) in [5, 5.41) is 0. The molecule has 0 aliphatic heterocycles. The van der Waals surface area contributed by atoms with Gasteiger partial charge < -0.3 is 14.0 Å². The first-order valence-electron chi connectivity index (χ1n) is 7.70. The smallest absolute Gasteiger partial charge is 0.161 e. The Labute approximate surface area is 138 Å². The van der Waals surface area contributed by atoms with E-state index in [1.165, 1.54) is 0 Å². The second kappa shape index (κ2) is 11.0. The molecule has 1 aromatic heterocycles. The maximum absolute atomic E-state index is 5.84. The van der Waals surface area contributed by atoms with Gasteiger partial charge in [0.25, 0.3) is 0 Å². The quantitative estimate of drug-likeness (QED) is 0.610. The van der Waals surface area contributed by atoms with Gasteiger partial charge in [0, 0.05) is 18.9 Å². The van der Waals surface area contributed by atoms with Crippen molar-refractivity contribution < 1.29 is 9.47 Å². The van der Waals surface area contributed by atoms with Crippen molar-refractivity contribution in [3.8, 4) is 11.5 Å². The molecule has 5 heteroatoms. The van der Waals surface area contributed by atoms with Gasteiger partial charge in [0.15, 0.2) is 11.5 Å². The van der Waals surface area contributed by atoms with Crippen LogP contribution in [0.5, 0.6) is 11.5 Å². The molecule has 1 heterocycles. The van der Waals surface area contributed by atoms with Gasteiger partial charge in [0.1, 0.15) is 0 Å². The molecule has 0 saturated carbocycles. The lowest BCUT2D eigenvalue weighted by Gasteiger charge is -2.12. The highest BCUT2D eigenvalue weighted by Crippen LogP contribution is 2.26. The van der Waals surface area contributed by atoms with Gasteiger partial charge >= 0.3 is 0 Å². The van der Waals surface area contributed by atoms with Crippen LogP contribution in [0.25, 0.3) is 0 Å². The highest BCUT2D eigenvalue weighted by Gasteiger charge is 2.03. The third-order valence-corrected chi connectivity index (χ3v) is 3.23. The van der Waals surface area contributed by atoms with Gasteiger partial charge in [-0.3, -0.25) is 0 Å². The van der Waals surface area contributed by atoms with E-state index in [1.54, 1.807) is 6.20 Å². The van der Waals surface area contributed by atoms with E-state index in [4.69, 9.17) is 9.47 Å². The van der Waals surface area contributed by atoms with Crippen LogP contribution in [0, 0.1) is 0 Å². The largest absolute Gasteiger partial charge is 0.490 e. The van der Waals surface area contributed by atoms with E-state index in [-0.39, 0.29) is 12.4 Å². The van der Waals surface area contributed by atoms with Crippen molar-refractivity contribution in [1.82, 2.24) is 9.55 Å². The molecule has 2 rings (SSSR count). The van der Waals surface area contributed by atoms with Crippen LogP contribution >= 0.6 is 12.4 Å². The van der Waals surface area contributed by atoms with Crippen molar-refractivity contribution in [2.75, 3.05) is 13.2 Å². The van der Waals surface area contributed by atoms with Gasteiger partial charge in [-0.1, -0.05) is 25.5 Å². The Balaban J connectivity index is 0.00000242. The van der Waals surface area contributed by atoms with Crippen molar-refractivity contribution in [3.63, 3.8) is 0 Å². The Hall–Kier alpha value is -1.68. The molecule has 0 spiro atoms. The first-order valence-corrected chi connectivity index (χ1v) is 7.70. The van der Waals surface area contributed by atoms with Crippen molar-refractivity contribution in [3.05, 3.63) is 43.0 Å². The van der Waals surface area contributed by atoms with E-state index in [2.05, 4.69) is 16.5 Å². The molecule has 0 bridgehead atoms. The summed E-state index contributed by atoms with van der Waals surface area (Å²) in [5.74, 6) is 1.69. The van der Waals surface area contributed by atoms with Gasteiger partial charge in [-0.15, -0.1) is 12.4 Å². The number of benzene rings is 1. The first-order chi connectivity index (χ1) is 10.4. The third-order valence-electron chi connectivity index (χ3n) is 3.23. The number of hydrogen-bond donors (Lipinski definition) is 0. The number of ether oxygens (including phenoxy) is 2. The second-order valence-corrected chi connectivity index (χ2v) is 5.00. The highest BCUT2D eigenvalue weighted by atomic mass is 35.5. The summed E-state index contributed by atoms with van der Waals surface area (Å²) in [7, 11) is 0. The van der Waals surface area contributed by atoms with Crippen molar-refractivity contribution in [1.29, 1.82) is 0 Å². The number of hydrogen-bond acceptors (Lipinski definition) is 3. The number of para-hydroxylation sites is 2. The molecule has 22 heavy (non-hydrogen) atoms. The van der Waals surface area contributed by atoms with Crippen LogP contribution in [0.15, 0.2) is 43.0 Å². The Kier molecular flexibility index (Phi) is 9.15. The lowest BCUT2D eigenvalue weighted by atomic mass is 10.3. The zero-order chi connectivity index (χ0) is 14.8. The van der Waals surface area contributed by atoms with Crippen LogP contribution < -0.4 is 9.47 Å². The fourth-order valence-corrected chi connectivity index (χ4v) is 2.01. The number of rotatable bonds is 10. The molecule has 0 unspecified atom stereocenters. The zero-order valence-electron chi connectivity index (χ0n) is 13.1. The van der Waals surface area contributed by atoms with E-state index in [1.807, 2.05) is 36.8 Å². The van der Waals surface area contributed by atoms with E-state index in [0.717, 1.165) is 50.3 Å². The fraction of sp³-hybridized carbons (Fsp3) is 0.471. The monoisotopic (exact) mass is 324 g/mol. The Morgan fingerprint density at radius 3 is 2.27 bits per heavy atom. The van der Waals surface area contributed by atoms with Gasteiger partial charge in [-0.05, 0) is 31.4 Å². The van der Waals surface area contributed by atoms with Crippen LogP contribution in [0.4, 0.5) is 0 Å². The summed E-state index contributed by atoms with van der Waals surface area (Å²) < 4.78 is 13.7. The number of unbranched alkanes of at least 4 members (excludes halogenated alkanes) is 2. The van der Waals surface area contributed by atoms with Crippen LogP contribution in [0.3, 0.4) is 0 Å².